The predicted molar refractivity (Wildman–Crippen MR) is 88.5 cm³/mol. The lowest BCUT2D eigenvalue weighted by Gasteiger charge is -2.15. The minimum Gasteiger partial charge on any atom is -0.288 e. The molecule has 0 unspecified atom stereocenters. The molecular formula is C17H20OS2. The van der Waals surface area contributed by atoms with Crippen molar-refractivity contribution in [3.8, 4) is 9.75 Å². The van der Waals surface area contributed by atoms with Crippen LogP contribution in [0, 0.1) is 0 Å². The van der Waals surface area contributed by atoms with E-state index in [1.54, 1.807) is 22.7 Å². The van der Waals surface area contributed by atoms with Crippen molar-refractivity contribution in [2.45, 2.75) is 52.4 Å². The van der Waals surface area contributed by atoms with Crippen LogP contribution >= 0.6 is 22.7 Å². The van der Waals surface area contributed by atoms with E-state index in [0.29, 0.717) is 0 Å². The standard InChI is InChI=1S/C17H20OS2/c1-16(2,3)11-7-9-13(18)10-8-12(17(4,5)6)20-15(10)14(9)19-11/h7-8H,1-6H3. The maximum absolute atomic E-state index is 12.6. The van der Waals surface area contributed by atoms with Gasteiger partial charge in [-0.1, -0.05) is 41.5 Å². The number of ketones is 1. The van der Waals surface area contributed by atoms with Crippen molar-refractivity contribution < 1.29 is 4.79 Å². The molecule has 0 spiro atoms. The molecule has 0 saturated heterocycles. The molecule has 1 aliphatic carbocycles. The Kier molecular flexibility index (Phi) is 2.84. The first-order valence-electron chi connectivity index (χ1n) is 6.93. The van der Waals surface area contributed by atoms with E-state index in [0.717, 1.165) is 11.1 Å². The van der Waals surface area contributed by atoms with Crippen LogP contribution in [0.5, 0.6) is 0 Å². The quantitative estimate of drug-likeness (QED) is 0.527. The van der Waals surface area contributed by atoms with Crippen LogP contribution in [-0.4, -0.2) is 5.78 Å². The molecule has 0 amide bonds. The van der Waals surface area contributed by atoms with Crippen molar-refractivity contribution in [3.05, 3.63) is 33.0 Å². The van der Waals surface area contributed by atoms with Crippen LogP contribution in [0.15, 0.2) is 12.1 Å². The van der Waals surface area contributed by atoms with Gasteiger partial charge in [-0.2, -0.15) is 0 Å². The molecule has 0 bridgehead atoms. The van der Waals surface area contributed by atoms with Crippen molar-refractivity contribution in [2.75, 3.05) is 0 Å². The average molecular weight is 304 g/mol. The Labute approximate surface area is 128 Å². The Bertz CT molecular complexity index is 642. The largest absolute Gasteiger partial charge is 0.288 e. The molecule has 0 aliphatic heterocycles. The summed E-state index contributed by atoms with van der Waals surface area (Å²) in [5.74, 6) is 0.216. The molecule has 2 aromatic rings. The molecule has 0 fully saturated rings. The highest BCUT2D eigenvalue weighted by Crippen LogP contribution is 2.50. The average Bonchev–Trinajstić information content (AvgIpc) is 2.93. The maximum atomic E-state index is 12.6. The zero-order valence-corrected chi connectivity index (χ0v) is 14.5. The third-order valence-electron chi connectivity index (χ3n) is 3.64. The van der Waals surface area contributed by atoms with E-state index in [1.165, 1.54) is 19.5 Å². The van der Waals surface area contributed by atoms with E-state index >= 15 is 0 Å². The van der Waals surface area contributed by atoms with E-state index in [-0.39, 0.29) is 16.6 Å². The lowest BCUT2D eigenvalue weighted by Crippen LogP contribution is -2.09. The lowest BCUT2D eigenvalue weighted by molar-refractivity contribution is 0.104. The molecule has 1 nitrogen and oxygen atoms in total. The van der Waals surface area contributed by atoms with Crippen molar-refractivity contribution in [1.29, 1.82) is 0 Å². The number of fused-ring (bicyclic) bond motifs is 3. The van der Waals surface area contributed by atoms with Crippen molar-refractivity contribution >= 4 is 28.5 Å². The number of carbonyl (C=O) groups excluding carboxylic acids is 1. The fourth-order valence-corrected chi connectivity index (χ4v) is 4.93. The molecule has 3 heteroatoms. The third kappa shape index (κ3) is 1.99. The molecule has 2 aromatic heterocycles. The summed E-state index contributed by atoms with van der Waals surface area (Å²) in [5, 5.41) is 0. The van der Waals surface area contributed by atoms with Gasteiger partial charge < -0.3 is 0 Å². The Balaban J connectivity index is 2.16. The second-order valence-electron chi connectivity index (χ2n) is 7.54. The topological polar surface area (TPSA) is 17.1 Å². The number of rotatable bonds is 0. The second kappa shape index (κ2) is 4.05. The summed E-state index contributed by atoms with van der Waals surface area (Å²) >= 11 is 3.58. The molecular weight excluding hydrogens is 284 g/mol. The molecule has 20 heavy (non-hydrogen) atoms. The van der Waals surface area contributed by atoms with Crippen LogP contribution < -0.4 is 0 Å². The van der Waals surface area contributed by atoms with Gasteiger partial charge in [-0.3, -0.25) is 4.79 Å². The number of hydrogen-bond acceptors (Lipinski definition) is 3. The fourth-order valence-electron chi connectivity index (χ4n) is 2.34. The van der Waals surface area contributed by atoms with Gasteiger partial charge in [0.15, 0.2) is 5.78 Å². The van der Waals surface area contributed by atoms with Crippen molar-refractivity contribution in [3.63, 3.8) is 0 Å². The number of thiophene rings is 2. The highest BCUT2D eigenvalue weighted by molar-refractivity contribution is 7.23. The van der Waals surface area contributed by atoms with E-state index in [2.05, 4.69) is 53.7 Å². The second-order valence-corrected chi connectivity index (χ2v) is 9.64. The molecule has 0 aromatic carbocycles. The third-order valence-corrected chi connectivity index (χ3v) is 6.92. The highest BCUT2D eigenvalue weighted by Gasteiger charge is 2.35. The normalized spacial score (nSPS) is 14.6. The van der Waals surface area contributed by atoms with Crippen LogP contribution in [0.1, 0.15) is 67.2 Å². The van der Waals surface area contributed by atoms with Gasteiger partial charge in [-0.05, 0) is 23.0 Å². The highest BCUT2D eigenvalue weighted by atomic mass is 32.1. The zero-order valence-electron chi connectivity index (χ0n) is 12.9. The molecule has 3 rings (SSSR count). The van der Waals surface area contributed by atoms with E-state index in [4.69, 9.17) is 0 Å². The van der Waals surface area contributed by atoms with E-state index in [9.17, 15) is 4.79 Å². The molecule has 106 valence electrons. The Hall–Kier alpha value is -0.930. The van der Waals surface area contributed by atoms with Gasteiger partial charge in [0.05, 0.1) is 9.75 Å². The first-order chi connectivity index (χ1) is 9.09. The van der Waals surface area contributed by atoms with Crippen LogP contribution in [0.4, 0.5) is 0 Å². The smallest absolute Gasteiger partial charge is 0.196 e. The van der Waals surface area contributed by atoms with Gasteiger partial charge in [-0.15, -0.1) is 22.7 Å². The molecule has 0 radical (unpaired) electrons. The molecule has 0 atom stereocenters. The van der Waals surface area contributed by atoms with Gasteiger partial charge in [0.1, 0.15) is 0 Å². The van der Waals surface area contributed by atoms with E-state index in [1.807, 2.05) is 0 Å². The SMILES string of the molecule is CC(C)(C)c1cc2c(s1)-c1sc(C(C)(C)C)cc1C2=O. The fraction of sp³-hybridized carbons (Fsp3) is 0.471. The molecule has 0 saturated carbocycles. The van der Waals surface area contributed by atoms with Gasteiger partial charge in [0.2, 0.25) is 0 Å². The maximum Gasteiger partial charge on any atom is 0.196 e. The summed E-state index contributed by atoms with van der Waals surface area (Å²) < 4.78 is 0. The summed E-state index contributed by atoms with van der Waals surface area (Å²) in [4.78, 5) is 17.6. The molecule has 0 N–H and O–H groups in total. The molecule has 2 heterocycles. The Morgan fingerprint density at radius 1 is 0.750 bits per heavy atom. The summed E-state index contributed by atoms with van der Waals surface area (Å²) in [5.41, 5.74) is 2.06. The molecule has 1 aliphatic rings. The first-order valence-corrected chi connectivity index (χ1v) is 8.56. The number of hydrogen-bond donors (Lipinski definition) is 0. The minimum absolute atomic E-state index is 0.111. The van der Waals surface area contributed by atoms with Crippen LogP contribution in [0.3, 0.4) is 0 Å². The summed E-state index contributed by atoms with van der Waals surface area (Å²) in [6, 6.07) is 4.21. The van der Waals surface area contributed by atoms with Gasteiger partial charge >= 0.3 is 0 Å². The summed E-state index contributed by atoms with van der Waals surface area (Å²) in [6.07, 6.45) is 0. The lowest BCUT2D eigenvalue weighted by atomic mass is 9.93. The predicted octanol–water partition coefficient (Wildman–Crippen LogP) is 5.62. The number of carbonyl (C=O) groups is 1. The van der Waals surface area contributed by atoms with Crippen molar-refractivity contribution in [1.82, 2.24) is 0 Å². The van der Waals surface area contributed by atoms with Crippen LogP contribution in [0.25, 0.3) is 9.75 Å². The van der Waals surface area contributed by atoms with E-state index < -0.39 is 0 Å². The minimum atomic E-state index is 0.111. The van der Waals surface area contributed by atoms with Gasteiger partial charge in [0.25, 0.3) is 0 Å². The summed E-state index contributed by atoms with van der Waals surface area (Å²) in [7, 11) is 0. The first kappa shape index (κ1) is 14.0. The summed E-state index contributed by atoms with van der Waals surface area (Å²) in [6.45, 7) is 13.2. The van der Waals surface area contributed by atoms with Crippen molar-refractivity contribution in [2.24, 2.45) is 0 Å². The van der Waals surface area contributed by atoms with Crippen LogP contribution in [0.2, 0.25) is 0 Å². The monoisotopic (exact) mass is 304 g/mol. The van der Waals surface area contributed by atoms with Crippen LogP contribution in [-0.2, 0) is 10.8 Å². The van der Waals surface area contributed by atoms with Gasteiger partial charge in [-0.25, -0.2) is 0 Å². The Morgan fingerprint density at radius 2 is 1.10 bits per heavy atom. The van der Waals surface area contributed by atoms with Gasteiger partial charge in [0, 0.05) is 20.9 Å². The Morgan fingerprint density at radius 3 is 1.40 bits per heavy atom. The zero-order chi connectivity index (χ0) is 14.9.